The van der Waals surface area contributed by atoms with Gasteiger partial charge in [-0.1, -0.05) is 72.8 Å². The number of rotatable bonds is 8. The van der Waals surface area contributed by atoms with Gasteiger partial charge in [0, 0.05) is 0 Å². The van der Waals surface area contributed by atoms with Crippen molar-refractivity contribution in [3.05, 3.63) is 126 Å². The molecule has 5 aromatic carbocycles. The second-order valence-corrected chi connectivity index (χ2v) is 8.50. The molecule has 6 heteroatoms. The monoisotopic (exact) mass is 534 g/mol. The normalized spacial score (nSPS) is 10.5. The van der Waals surface area contributed by atoms with E-state index in [1.54, 1.807) is 0 Å². The summed E-state index contributed by atoms with van der Waals surface area (Å²) in [6, 6.07) is 37.5. The molecule has 0 aliphatic rings. The predicted octanol–water partition coefficient (Wildman–Crippen LogP) is 8.41. The molecule has 0 saturated heterocycles. The Bertz CT molecular complexity index is 1210. The van der Waals surface area contributed by atoms with Gasteiger partial charge >= 0.3 is 0 Å². The van der Waals surface area contributed by atoms with Crippen molar-refractivity contribution in [2.75, 3.05) is 0 Å². The fourth-order valence-corrected chi connectivity index (χ4v) is 3.98. The van der Waals surface area contributed by atoms with Crippen LogP contribution in [-0.4, -0.2) is 7.85 Å². The van der Waals surface area contributed by atoms with Crippen molar-refractivity contribution in [1.82, 2.24) is 0 Å². The van der Waals surface area contributed by atoms with Gasteiger partial charge in [0.15, 0.2) is 23.0 Å². The molecule has 174 valence electrons. The third kappa shape index (κ3) is 5.39. The first-order chi connectivity index (χ1) is 17.7. The first-order valence-corrected chi connectivity index (χ1v) is 12.0. The van der Waals surface area contributed by atoms with E-state index in [9.17, 15) is 0 Å². The van der Waals surface area contributed by atoms with Crippen molar-refractivity contribution >= 4 is 29.2 Å². The van der Waals surface area contributed by atoms with Crippen molar-refractivity contribution in [2.45, 2.75) is 0 Å². The SMILES string of the molecule is [B]c1c(Oc2ccccc2)c(Oc2ccccc2)c(Br)c(Oc2ccccc2)c1Oc1ccccc1. The van der Waals surface area contributed by atoms with E-state index >= 15 is 0 Å². The van der Waals surface area contributed by atoms with Gasteiger partial charge in [0.25, 0.3) is 0 Å². The van der Waals surface area contributed by atoms with Crippen LogP contribution in [-0.2, 0) is 0 Å². The van der Waals surface area contributed by atoms with Gasteiger partial charge in [0.05, 0.1) is 0 Å². The minimum atomic E-state index is 0.225. The van der Waals surface area contributed by atoms with Crippen LogP contribution in [0.15, 0.2) is 126 Å². The van der Waals surface area contributed by atoms with Gasteiger partial charge in [0.2, 0.25) is 0 Å². The molecule has 0 aliphatic carbocycles. The number of hydrogen-bond donors (Lipinski definition) is 0. The fourth-order valence-electron chi connectivity index (χ4n) is 3.46. The third-order valence-electron chi connectivity index (χ3n) is 5.15. The van der Waals surface area contributed by atoms with Gasteiger partial charge in [-0.2, -0.15) is 0 Å². The van der Waals surface area contributed by atoms with Crippen molar-refractivity contribution in [1.29, 1.82) is 0 Å². The van der Waals surface area contributed by atoms with E-state index in [1.165, 1.54) is 0 Å². The molecular weight excluding hydrogens is 515 g/mol. The third-order valence-corrected chi connectivity index (χ3v) is 5.87. The first-order valence-electron chi connectivity index (χ1n) is 11.3. The molecule has 4 nitrogen and oxygen atoms in total. The molecule has 0 amide bonds. The molecule has 0 aliphatic heterocycles. The van der Waals surface area contributed by atoms with E-state index in [4.69, 9.17) is 26.8 Å². The minimum absolute atomic E-state index is 0.225. The van der Waals surface area contributed by atoms with E-state index in [0.717, 1.165) is 0 Å². The van der Waals surface area contributed by atoms with Crippen LogP contribution in [0.2, 0.25) is 0 Å². The van der Waals surface area contributed by atoms with Crippen LogP contribution >= 0.6 is 15.9 Å². The highest BCUT2D eigenvalue weighted by Gasteiger charge is 2.27. The van der Waals surface area contributed by atoms with E-state index in [2.05, 4.69) is 15.9 Å². The zero-order valence-electron chi connectivity index (χ0n) is 19.1. The molecule has 0 bridgehead atoms. The molecule has 0 atom stereocenters. The standard InChI is InChI=1S/C30H20BBrO4/c31-25-27(33-21-13-5-1-6-14-21)29(35-23-17-9-3-10-18-23)26(32)30(36-24-19-11-4-12-20-24)28(25)34-22-15-7-2-8-16-22/h1-20H. The Balaban J connectivity index is 1.70. The highest BCUT2D eigenvalue weighted by Crippen LogP contribution is 2.51. The van der Waals surface area contributed by atoms with Gasteiger partial charge in [0.1, 0.15) is 35.3 Å². The van der Waals surface area contributed by atoms with Crippen LogP contribution in [0.25, 0.3) is 0 Å². The van der Waals surface area contributed by atoms with Crippen molar-refractivity contribution < 1.29 is 18.9 Å². The first kappa shape index (κ1) is 23.6. The Hall–Kier alpha value is -4.16. The van der Waals surface area contributed by atoms with Crippen LogP contribution in [0.5, 0.6) is 46.0 Å². The second-order valence-electron chi connectivity index (χ2n) is 7.70. The Morgan fingerprint density at radius 2 is 0.639 bits per heavy atom. The van der Waals surface area contributed by atoms with Gasteiger partial charge in [-0.25, -0.2) is 0 Å². The molecule has 0 aromatic heterocycles. The van der Waals surface area contributed by atoms with Gasteiger partial charge < -0.3 is 18.9 Å². The molecular formula is C30H20BBrO4. The topological polar surface area (TPSA) is 36.9 Å². The summed E-state index contributed by atoms with van der Waals surface area (Å²) in [5, 5.41) is 0. The zero-order chi connectivity index (χ0) is 24.7. The predicted molar refractivity (Wildman–Crippen MR) is 146 cm³/mol. The number of benzene rings is 5. The molecule has 0 fully saturated rings. The van der Waals surface area contributed by atoms with E-state index < -0.39 is 0 Å². The summed E-state index contributed by atoms with van der Waals surface area (Å²) in [4.78, 5) is 0. The minimum Gasteiger partial charge on any atom is -0.454 e. The van der Waals surface area contributed by atoms with Crippen LogP contribution in [0.4, 0.5) is 0 Å². The molecule has 0 unspecified atom stereocenters. The molecule has 5 aromatic rings. The number of halogens is 1. The highest BCUT2D eigenvalue weighted by molar-refractivity contribution is 9.10. The van der Waals surface area contributed by atoms with Crippen LogP contribution < -0.4 is 24.4 Å². The maximum absolute atomic E-state index is 6.73. The second kappa shape index (κ2) is 11.1. The fraction of sp³-hybridized carbons (Fsp3) is 0. The molecule has 0 N–H and O–H groups in total. The van der Waals surface area contributed by atoms with Gasteiger partial charge in [-0.3, -0.25) is 0 Å². The lowest BCUT2D eigenvalue weighted by molar-refractivity contribution is 0.391. The van der Waals surface area contributed by atoms with Crippen LogP contribution in [0.3, 0.4) is 0 Å². The van der Waals surface area contributed by atoms with Gasteiger partial charge in [-0.15, -0.1) is 0 Å². The molecule has 0 heterocycles. The van der Waals surface area contributed by atoms with Crippen molar-refractivity contribution in [3.63, 3.8) is 0 Å². The molecule has 5 rings (SSSR count). The average Bonchev–Trinajstić information content (AvgIpc) is 2.93. The lowest BCUT2D eigenvalue weighted by Crippen LogP contribution is -2.14. The summed E-state index contributed by atoms with van der Waals surface area (Å²) in [5.41, 5.74) is 0.225. The number of hydrogen-bond acceptors (Lipinski definition) is 4. The maximum Gasteiger partial charge on any atom is 0.187 e. The molecule has 36 heavy (non-hydrogen) atoms. The summed E-state index contributed by atoms with van der Waals surface area (Å²) in [6.45, 7) is 0. The lowest BCUT2D eigenvalue weighted by atomic mass is 9.92. The summed E-state index contributed by atoms with van der Waals surface area (Å²) in [6.07, 6.45) is 0. The Morgan fingerprint density at radius 1 is 0.389 bits per heavy atom. The Kier molecular flexibility index (Phi) is 7.24. The average molecular weight is 535 g/mol. The Morgan fingerprint density at radius 3 is 0.917 bits per heavy atom. The smallest absolute Gasteiger partial charge is 0.187 e. The molecule has 0 saturated carbocycles. The molecule has 2 radical (unpaired) electrons. The van der Waals surface area contributed by atoms with Crippen molar-refractivity contribution in [2.24, 2.45) is 0 Å². The van der Waals surface area contributed by atoms with E-state index in [1.807, 2.05) is 121 Å². The Labute approximate surface area is 219 Å². The van der Waals surface area contributed by atoms with Crippen LogP contribution in [0.1, 0.15) is 0 Å². The highest BCUT2D eigenvalue weighted by atomic mass is 79.9. The molecule has 0 spiro atoms. The lowest BCUT2D eigenvalue weighted by Gasteiger charge is -2.23. The zero-order valence-corrected chi connectivity index (χ0v) is 20.7. The number of para-hydroxylation sites is 4. The summed E-state index contributed by atoms with van der Waals surface area (Å²) in [7, 11) is 6.73. The summed E-state index contributed by atoms with van der Waals surface area (Å²) < 4.78 is 25.6. The number of ether oxygens (including phenoxy) is 4. The largest absolute Gasteiger partial charge is 0.454 e. The maximum atomic E-state index is 6.73. The van der Waals surface area contributed by atoms with E-state index in [-0.39, 0.29) is 5.46 Å². The van der Waals surface area contributed by atoms with Crippen LogP contribution in [0, 0.1) is 0 Å². The quantitative estimate of drug-likeness (QED) is 0.187. The van der Waals surface area contributed by atoms with E-state index in [0.29, 0.717) is 50.5 Å². The van der Waals surface area contributed by atoms with Gasteiger partial charge in [-0.05, 0) is 69.9 Å². The summed E-state index contributed by atoms with van der Waals surface area (Å²) >= 11 is 3.69. The summed E-state index contributed by atoms with van der Waals surface area (Å²) in [5.74, 6) is 3.71. The van der Waals surface area contributed by atoms with Crippen molar-refractivity contribution in [3.8, 4) is 46.0 Å².